The number of rotatable bonds is 5. The third-order valence-electron chi connectivity index (χ3n) is 2.27. The number of aromatic nitrogens is 2. The fraction of sp³-hybridized carbons (Fsp3) is 0.154. The van der Waals surface area contributed by atoms with Crippen molar-refractivity contribution < 1.29 is 4.79 Å². The first kappa shape index (κ1) is 13.8. The molecule has 1 aromatic heterocycles. The largest absolute Gasteiger partial charge is 0.296 e. The van der Waals surface area contributed by atoms with Crippen molar-refractivity contribution in [1.29, 1.82) is 0 Å². The number of benzene rings is 1. The Labute approximate surface area is 120 Å². The van der Waals surface area contributed by atoms with Crippen molar-refractivity contribution in [3.05, 3.63) is 48.0 Å². The van der Waals surface area contributed by atoms with E-state index in [1.807, 2.05) is 19.1 Å². The zero-order valence-corrected chi connectivity index (χ0v) is 12.1. The van der Waals surface area contributed by atoms with Crippen LogP contribution in [-0.4, -0.2) is 21.9 Å². The van der Waals surface area contributed by atoms with Crippen LogP contribution in [0.1, 0.15) is 15.9 Å². The highest BCUT2D eigenvalue weighted by molar-refractivity contribution is 8.01. The van der Waals surface area contributed by atoms with E-state index in [2.05, 4.69) is 22.1 Å². The fourth-order valence-corrected chi connectivity index (χ4v) is 2.83. The second kappa shape index (κ2) is 6.49. The molecule has 98 valence electrons. The molecule has 0 aliphatic carbocycles. The van der Waals surface area contributed by atoms with Crippen LogP contribution in [0.3, 0.4) is 0 Å². The Morgan fingerprint density at radius 3 is 2.84 bits per heavy atom. The Morgan fingerprint density at radius 2 is 2.16 bits per heavy atom. The van der Waals surface area contributed by atoms with Crippen molar-refractivity contribution >= 4 is 34.1 Å². The summed E-state index contributed by atoms with van der Waals surface area (Å²) in [4.78, 5) is 12.0. The molecule has 0 bridgehead atoms. The van der Waals surface area contributed by atoms with Crippen LogP contribution < -0.4 is 5.32 Å². The minimum atomic E-state index is -0.170. The van der Waals surface area contributed by atoms with Crippen LogP contribution in [0.15, 0.2) is 41.3 Å². The van der Waals surface area contributed by atoms with Gasteiger partial charge < -0.3 is 0 Å². The normalized spacial score (nSPS) is 10.2. The van der Waals surface area contributed by atoms with Crippen molar-refractivity contribution in [2.24, 2.45) is 0 Å². The highest BCUT2D eigenvalue weighted by Gasteiger charge is 2.09. The maximum absolute atomic E-state index is 12.0. The summed E-state index contributed by atoms with van der Waals surface area (Å²) in [6.45, 7) is 5.63. The summed E-state index contributed by atoms with van der Waals surface area (Å²) in [5.74, 6) is 0.608. The third-order valence-corrected chi connectivity index (χ3v) is 4.23. The predicted octanol–water partition coefficient (Wildman–Crippen LogP) is 3.38. The molecule has 0 aliphatic rings. The molecule has 0 saturated heterocycles. The summed E-state index contributed by atoms with van der Waals surface area (Å²) in [6, 6.07) is 7.39. The summed E-state index contributed by atoms with van der Waals surface area (Å²) in [5, 5.41) is 11.2. The molecular weight excluding hydrogens is 278 g/mol. The van der Waals surface area contributed by atoms with Crippen LogP contribution >= 0.6 is 23.1 Å². The average molecular weight is 291 g/mol. The van der Waals surface area contributed by atoms with Gasteiger partial charge in [0.15, 0.2) is 4.34 Å². The van der Waals surface area contributed by atoms with E-state index in [-0.39, 0.29) is 5.91 Å². The van der Waals surface area contributed by atoms with Crippen molar-refractivity contribution in [3.63, 3.8) is 0 Å². The van der Waals surface area contributed by atoms with E-state index < -0.39 is 0 Å². The summed E-state index contributed by atoms with van der Waals surface area (Å²) >= 11 is 2.90. The second-order valence-electron chi connectivity index (χ2n) is 3.79. The molecule has 0 radical (unpaired) electrons. The van der Waals surface area contributed by atoms with E-state index in [9.17, 15) is 4.79 Å². The van der Waals surface area contributed by atoms with Crippen LogP contribution in [0.2, 0.25) is 0 Å². The van der Waals surface area contributed by atoms with Gasteiger partial charge in [-0.2, -0.15) is 0 Å². The molecule has 0 fully saturated rings. The number of hydrogen-bond donors (Lipinski definition) is 1. The monoisotopic (exact) mass is 291 g/mol. The maximum atomic E-state index is 12.0. The van der Waals surface area contributed by atoms with Gasteiger partial charge in [0.05, 0.1) is 0 Å². The molecule has 1 N–H and O–H groups in total. The molecule has 0 unspecified atom stereocenters. The maximum Gasteiger partial charge on any atom is 0.257 e. The van der Waals surface area contributed by atoms with Crippen molar-refractivity contribution in [1.82, 2.24) is 10.2 Å². The molecule has 6 heteroatoms. The number of nitrogens with one attached hydrogen (secondary N) is 1. The van der Waals surface area contributed by atoms with Gasteiger partial charge in [-0.15, -0.1) is 16.8 Å². The highest BCUT2D eigenvalue weighted by Crippen LogP contribution is 2.25. The molecule has 19 heavy (non-hydrogen) atoms. The summed E-state index contributed by atoms with van der Waals surface area (Å²) in [6.07, 6.45) is 1.80. The molecule has 0 atom stereocenters. The van der Waals surface area contributed by atoms with Gasteiger partial charge in [-0.3, -0.25) is 10.1 Å². The van der Waals surface area contributed by atoms with Gasteiger partial charge in [0, 0.05) is 11.3 Å². The van der Waals surface area contributed by atoms with Gasteiger partial charge in [0.1, 0.15) is 0 Å². The van der Waals surface area contributed by atoms with E-state index >= 15 is 0 Å². The van der Waals surface area contributed by atoms with Gasteiger partial charge in [0.2, 0.25) is 5.13 Å². The lowest BCUT2D eigenvalue weighted by Gasteiger charge is -2.01. The molecule has 1 heterocycles. The first-order valence-electron chi connectivity index (χ1n) is 5.64. The number of carbonyl (C=O) groups excluding carboxylic acids is 1. The second-order valence-corrected chi connectivity index (χ2v) is 6.04. The van der Waals surface area contributed by atoms with Gasteiger partial charge in [-0.1, -0.05) is 46.9 Å². The van der Waals surface area contributed by atoms with Gasteiger partial charge in [-0.05, 0) is 19.1 Å². The summed E-state index contributed by atoms with van der Waals surface area (Å²) < 4.78 is 0.819. The fourth-order valence-electron chi connectivity index (χ4n) is 1.32. The van der Waals surface area contributed by atoms with Gasteiger partial charge in [-0.25, -0.2) is 0 Å². The zero-order valence-electron chi connectivity index (χ0n) is 10.4. The first-order chi connectivity index (χ1) is 9.19. The molecule has 0 saturated carbocycles. The quantitative estimate of drug-likeness (QED) is 0.521. The Kier molecular flexibility index (Phi) is 4.70. The smallest absolute Gasteiger partial charge is 0.257 e. The van der Waals surface area contributed by atoms with Crippen LogP contribution in [-0.2, 0) is 0 Å². The van der Waals surface area contributed by atoms with Crippen LogP contribution in [0.25, 0.3) is 0 Å². The van der Waals surface area contributed by atoms with Gasteiger partial charge in [0.25, 0.3) is 5.91 Å². The van der Waals surface area contributed by atoms with Crippen LogP contribution in [0.4, 0.5) is 5.13 Å². The number of carbonyl (C=O) groups is 1. The number of anilines is 1. The number of nitrogens with zero attached hydrogens (tertiary/aromatic N) is 2. The Balaban J connectivity index is 2.00. The summed E-state index contributed by atoms with van der Waals surface area (Å²) in [5.41, 5.74) is 1.73. The number of thioether (sulfide) groups is 1. The third kappa shape index (κ3) is 3.90. The van der Waals surface area contributed by atoms with Crippen molar-refractivity contribution in [3.8, 4) is 0 Å². The lowest BCUT2D eigenvalue weighted by atomic mass is 10.1. The topological polar surface area (TPSA) is 54.9 Å². The van der Waals surface area contributed by atoms with Crippen molar-refractivity contribution in [2.45, 2.75) is 11.3 Å². The van der Waals surface area contributed by atoms with E-state index in [4.69, 9.17) is 0 Å². The minimum absolute atomic E-state index is 0.170. The number of amides is 1. The first-order valence-corrected chi connectivity index (χ1v) is 7.44. The van der Waals surface area contributed by atoms with Gasteiger partial charge >= 0.3 is 0 Å². The lowest BCUT2D eigenvalue weighted by molar-refractivity contribution is 0.102. The molecule has 2 rings (SSSR count). The predicted molar refractivity (Wildman–Crippen MR) is 80.0 cm³/mol. The number of aryl methyl sites for hydroxylation is 1. The van der Waals surface area contributed by atoms with E-state index in [1.165, 1.54) is 11.3 Å². The molecule has 1 amide bonds. The molecule has 4 nitrogen and oxygen atoms in total. The Morgan fingerprint density at radius 1 is 1.42 bits per heavy atom. The summed E-state index contributed by atoms with van der Waals surface area (Å²) in [7, 11) is 0. The average Bonchev–Trinajstić information content (AvgIpc) is 2.84. The Hall–Kier alpha value is -1.66. The zero-order chi connectivity index (χ0) is 13.7. The van der Waals surface area contributed by atoms with Crippen molar-refractivity contribution in [2.75, 3.05) is 11.1 Å². The van der Waals surface area contributed by atoms with E-state index in [0.717, 1.165) is 15.7 Å². The highest BCUT2D eigenvalue weighted by atomic mass is 32.2. The van der Waals surface area contributed by atoms with E-state index in [0.29, 0.717) is 10.7 Å². The van der Waals surface area contributed by atoms with Crippen LogP contribution in [0, 0.1) is 6.92 Å². The Bertz CT molecular complexity index is 578. The molecule has 2 aromatic rings. The molecule has 0 spiro atoms. The van der Waals surface area contributed by atoms with E-state index in [1.54, 1.807) is 30.0 Å². The molecular formula is C13H13N3OS2. The SMILES string of the molecule is C=CCSc1nnc(NC(=O)c2ccc(C)cc2)s1. The minimum Gasteiger partial charge on any atom is -0.296 e. The van der Waals surface area contributed by atoms with Crippen LogP contribution in [0.5, 0.6) is 0 Å². The standard InChI is InChI=1S/C13H13N3OS2/c1-3-8-18-13-16-15-12(19-13)14-11(17)10-6-4-9(2)5-7-10/h3-7H,1,8H2,2H3,(H,14,15,17). The molecule has 1 aromatic carbocycles. The number of hydrogen-bond acceptors (Lipinski definition) is 5. The lowest BCUT2D eigenvalue weighted by Crippen LogP contribution is -2.11. The molecule has 0 aliphatic heterocycles.